The largest absolute Gasteiger partial charge is 0.481 e. The van der Waals surface area contributed by atoms with E-state index in [-0.39, 0.29) is 18.4 Å². The molecule has 1 saturated carbocycles. The van der Waals surface area contributed by atoms with E-state index in [0.29, 0.717) is 19.0 Å². The zero-order valence-corrected chi connectivity index (χ0v) is 9.90. The number of hydrogen-bond acceptors (Lipinski definition) is 3. The van der Waals surface area contributed by atoms with Gasteiger partial charge in [0.2, 0.25) is 5.91 Å². The average Bonchev–Trinajstić information content (AvgIpc) is 2.97. The highest BCUT2D eigenvalue weighted by molar-refractivity contribution is 5.78. The van der Waals surface area contributed by atoms with Crippen LogP contribution in [0.1, 0.15) is 32.6 Å². The fourth-order valence-electron chi connectivity index (χ4n) is 1.44. The first kappa shape index (κ1) is 13.0. The van der Waals surface area contributed by atoms with Gasteiger partial charge in [0.1, 0.15) is 0 Å². The third-order valence-corrected chi connectivity index (χ3v) is 2.86. The zero-order valence-electron chi connectivity index (χ0n) is 9.90. The Hall–Kier alpha value is -1.10. The third kappa shape index (κ3) is 5.11. The van der Waals surface area contributed by atoms with Gasteiger partial charge in [-0.25, -0.2) is 0 Å². The van der Waals surface area contributed by atoms with Gasteiger partial charge < -0.3 is 10.4 Å². The standard InChI is InChI=1S/C11H20N2O3/c1-8(3-6-11(15)16)13(2)7-10(14)12-9-4-5-9/h8-9H,3-7H2,1-2H3,(H,12,14)(H,15,16). The lowest BCUT2D eigenvalue weighted by Crippen LogP contribution is -2.40. The van der Waals surface area contributed by atoms with E-state index >= 15 is 0 Å². The third-order valence-electron chi connectivity index (χ3n) is 2.86. The number of carbonyl (C=O) groups is 2. The van der Waals surface area contributed by atoms with Gasteiger partial charge in [-0.1, -0.05) is 0 Å². The summed E-state index contributed by atoms with van der Waals surface area (Å²) in [5.74, 6) is -0.755. The summed E-state index contributed by atoms with van der Waals surface area (Å²) >= 11 is 0. The predicted octanol–water partition coefficient (Wildman–Crippen LogP) is 0.450. The van der Waals surface area contributed by atoms with Crippen LogP contribution in [0.15, 0.2) is 0 Å². The molecule has 1 amide bonds. The second kappa shape index (κ2) is 5.84. The molecule has 2 N–H and O–H groups in total. The topological polar surface area (TPSA) is 69.6 Å². The molecular formula is C11H20N2O3. The number of nitrogens with zero attached hydrogens (tertiary/aromatic N) is 1. The van der Waals surface area contributed by atoms with Crippen LogP contribution in [0, 0.1) is 0 Å². The van der Waals surface area contributed by atoms with E-state index in [1.165, 1.54) is 0 Å². The highest BCUT2D eigenvalue weighted by Gasteiger charge is 2.24. The highest BCUT2D eigenvalue weighted by atomic mass is 16.4. The molecule has 92 valence electrons. The predicted molar refractivity (Wildman–Crippen MR) is 60.1 cm³/mol. The molecule has 16 heavy (non-hydrogen) atoms. The van der Waals surface area contributed by atoms with Crippen LogP contribution < -0.4 is 5.32 Å². The lowest BCUT2D eigenvalue weighted by atomic mass is 10.1. The summed E-state index contributed by atoms with van der Waals surface area (Å²) in [6, 6.07) is 0.497. The van der Waals surface area contributed by atoms with Crippen LogP contribution in [0.5, 0.6) is 0 Å². The molecule has 0 aromatic carbocycles. The molecule has 1 unspecified atom stereocenters. The van der Waals surface area contributed by atoms with Crippen molar-refractivity contribution >= 4 is 11.9 Å². The van der Waals surface area contributed by atoms with E-state index < -0.39 is 5.97 Å². The zero-order chi connectivity index (χ0) is 12.1. The van der Waals surface area contributed by atoms with E-state index in [1.54, 1.807) is 0 Å². The summed E-state index contributed by atoms with van der Waals surface area (Å²) in [6.45, 7) is 2.28. The summed E-state index contributed by atoms with van der Waals surface area (Å²) in [6.07, 6.45) is 2.90. The van der Waals surface area contributed by atoms with Gasteiger partial charge in [-0.05, 0) is 33.2 Å². The molecule has 1 fully saturated rings. The molecule has 0 spiro atoms. The molecular weight excluding hydrogens is 208 g/mol. The Morgan fingerprint density at radius 3 is 2.62 bits per heavy atom. The number of hydrogen-bond donors (Lipinski definition) is 2. The van der Waals surface area contributed by atoms with Crippen molar-refractivity contribution < 1.29 is 14.7 Å². The minimum absolute atomic E-state index is 0.0344. The van der Waals surface area contributed by atoms with E-state index in [4.69, 9.17) is 5.11 Å². The van der Waals surface area contributed by atoms with E-state index in [0.717, 1.165) is 12.8 Å². The number of aliphatic carboxylic acids is 1. The van der Waals surface area contributed by atoms with E-state index in [1.807, 2.05) is 18.9 Å². The first-order valence-corrected chi connectivity index (χ1v) is 5.70. The summed E-state index contributed by atoms with van der Waals surface area (Å²) < 4.78 is 0. The number of amides is 1. The van der Waals surface area contributed by atoms with Crippen LogP contribution in [-0.2, 0) is 9.59 Å². The number of carboxylic acid groups (broad SMARTS) is 1. The lowest BCUT2D eigenvalue weighted by Gasteiger charge is -2.23. The van der Waals surface area contributed by atoms with Gasteiger partial charge in [0.05, 0.1) is 6.54 Å². The van der Waals surface area contributed by atoms with Crippen molar-refractivity contribution in [1.82, 2.24) is 10.2 Å². The quantitative estimate of drug-likeness (QED) is 0.664. The summed E-state index contributed by atoms with van der Waals surface area (Å²) in [5.41, 5.74) is 0. The Morgan fingerprint density at radius 1 is 1.50 bits per heavy atom. The van der Waals surface area contributed by atoms with E-state index in [9.17, 15) is 9.59 Å². The van der Waals surface area contributed by atoms with Crippen LogP contribution in [0.2, 0.25) is 0 Å². The molecule has 0 aromatic heterocycles. The van der Waals surface area contributed by atoms with Crippen molar-refractivity contribution in [2.24, 2.45) is 0 Å². The Morgan fingerprint density at radius 2 is 2.12 bits per heavy atom. The normalized spacial score (nSPS) is 17.2. The Balaban J connectivity index is 2.18. The fraction of sp³-hybridized carbons (Fsp3) is 0.818. The number of carbonyl (C=O) groups excluding carboxylic acids is 1. The molecule has 5 heteroatoms. The second-order valence-corrected chi connectivity index (χ2v) is 4.54. The fourth-order valence-corrected chi connectivity index (χ4v) is 1.44. The first-order chi connectivity index (χ1) is 7.49. The van der Waals surface area contributed by atoms with Gasteiger partial charge in [0, 0.05) is 18.5 Å². The van der Waals surface area contributed by atoms with Crippen molar-refractivity contribution in [3.8, 4) is 0 Å². The van der Waals surface area contributed by atoms with Gasteiger partial charge in [0.15, 0.2) is 0 Å². The second-order valence-electron chi connectivity index (χ2n) is 4.54. The Bertz CT molecular complexity index is 264. The first-order valence-electron chi connectivity index (χ1n) is 5.70. The minimum atomic E-state index is -0.789. The number of rotatable bonds is 7. The summed E-state index contributed by atoms with van der Waals surface area (Å²) in [7, 11) is 1.85. The maximum Gasteiger partial charge on any atom is 0.303 e. The van der Waals surface area contributed by atoms with Crippen molar-refractivity contribution in [3.05, 3.63) is 0 Å². The van der Waals surface area contributed by atoms with Gasteiger partial charge in [-0.2, -0.15) is 0 Å². The Kier molecular flexibility index (Phi) is 4.73. The average molecular weight is 228 g/mol. The molecule has 1 aliphatic rings. The molecule has 0 aromatic rings. The molecule has 0 aliphatic heterocycles. The van der Waals surface area contributed by atoms with Gasteiger partial charge >= 0.3 is 5.97 Å². The van der Waals surface area contributed by atoms with Crippen molar-refractivity contribution in [2.45, 2.75) is 44.7 Å². The monoisotopic (exact) mass is 228 g/mol. The van der Waals surface area contributed by atoms with Crippen LogP contribution in [-0.4, -0.2) is 47.6 Å². The van der Waals surface area contributed by atoms with Crippen LogP contribution in [0.3, 0.4) is 0 Å². The molecule has 1 rings (SSSR count). The SMILES string of the molecule is CC(CCC(=O)O)N(C)CC(=O)NC1CC1. The maximum absolute atomic E-state index is 11.5. The molecule has 0 heterocycles. The van der Waals surface area contributed by atoms with Crippen molar-refractivity contribution in [1.29, 1.82) is 0 Å². The smallest absolute Gasteiger partial charge is 0.303 e. The van der Waals surface area contributed by atoms with Gasteiger partial charge in [-0.15, -0.1) is 0 Å². The number of nitrogens with one attached hydrogen (secondary N) is 1. The van der Waals surface area contributed by atoms with Gasteiger partial charge in [0.25, 0.3) is 0 Å². The lowest BCUT2D eigenvalue weighted by molar-refractivity contribution is -0.137. The van der Waals surface area contributed by atoms with E-state index in [2.05, 4.69) is 5.32 Å². The summed E-state index contributed by atoms with van der Waals surface area (Å²) in [5, 5.41) is 11.5. The molecule has 5 nitrogen and oxygen atoms in total. The van der Waals surface area contributed by atoms with Crippen molar-refractivity contribution in [2.75, 3.05) is 13.6 Å². The maximum atomic E-state index is 11.5. The molecule has 1 aliphatic carbocycles. The number of likely N-dealkylation sites (N-methyl/N-ethyl adjacent to an activating group) is 1. The van der Waals surface area contributed by atoms with Crippen LogP contribution in [0.25, 0.3) is 0 Å². The molecule has 0 bridgehead atoms. The summed E-state index contributed by atoms with van der Waals surface area (Å²) in [4.78, 5) is 23.8. The van der Waals surface area contributed by atoms with Crippen LogP contribution >= 0.6 is 0 Å². The Labute approximate surface area is 95.8 Å². The molecule has 1 atom stereocenters. The number of carboxylic acids is 1. The van der Waals surface area contributed by atoms with Crippen LogP contribution in [0.4, 0.5) is 0 Å². The molecule has 0 saturated heterocycles. The van der Waals surface area contributed by atoms with Gasteiger partial charge in [-0.3, -0.25) is 14.5 Å². The highest BCUT2D eigenvalue weighted by Crippen LogP contribution is 2.18. The minimum Gasteiger partial charge on any atom is -0.481 e. The molecule has 0 radical (unpaired) electrons. The van der Waals surface area contributed by atoms with Crippen molar-refractivity contribution in [3.63, 3.8) is 0 Å².